The Morgan fingerprint density at radius 3 is 2.29 bits per heavy atom. The predicted molar refractivity (Wildman–Crippen MR) is 146 cm³/mol. The molecule has 42 heavy (non-hydrogen) atoms. The minimum absolute atomic E-state index is 0.0255. The second-order valence-electron chi connectivity index (χ2n) is 16.1. The Balaban J connectivity index is 1.31. The van der Waals surface area contributed by atoms with Gasteiger partial charge in [-0.1, -0.05) is 41.2 Å². The number of carbonyl (C=O) groups excluding carboxylic acids is 3. The average molecular weight is 585 g/mol. The number of aliphatic hydroxyl groups excluding tert-OH is 1. The number of hydrogen-bond donors (Lipinski definition) is 2. The van der Waals surface area contributed by atoms with Gasteiger partial charge < -0.3 is 29.2 Å². The summed E-state index contributed by atoms with van der Waals surface area (Å²) in [7, 11) is 0. The summed E-state index contributed by atoms with van der Waals surface area (Å²) in [5.41, 5.74) is -3.87. The Hall–Kier alpha value is -1.81. The monoisotopic (exact) mass is 584 g/mol. The first kappa shape index (κ1) is 27.7. The smallest absolute Gasteiger partial charge is 0.303 e. The van der Waals surface area contributed by atoms with Crippen LogP contribution in [-0.2, 0) is 33.3 Å². The Kier molecular flexibility index (Phi) is 4.96. The van der Waals surface area contributed by atoms with Crippen molar-refractivity contribution in [2.45, 2.75) is 104 Å². The van der Waals surface area contributed by atoms with Crippen LogP contribution in [0.1, 0.15) is 61.8 Å². The lowest BCUT2D eigenvalue weighted by Crippen LogP contribution is -2.69. The molecule has 0 amide bonds. The number of ether oxygens (including phenoxy) is 4. The first-order valence-electron chi connectivity index (χ1n) is 15.8. The summed E-state index contributed by atoms with van der Waals surface area (Å²) in [6.07, 6.45) is -1.96. The van der Waals surface area contributed by atoms with Gasteiger partial charge in [-0.15, -0.1) is 0 Å². The third-order valence-electron chi connectivity index (χ3n) is 15.2. The number of carbonyl (C=O) groups is 3. The molecule has 8 rings (SSSR count). The van der Waals surface area contributed by atoms with E-state index >= 15 is 0 Å². The molecule has 19 atom stereocenters. The van der Waals surface area contributed by atoms with Crippen molar-refractivity contribution in [3.8, 4) is 0 Å². The molecule has 230 valence electrons. The number of rotatable bonds is 1. The highest BCUT2D eigenvalue weighted by Crippen LogP contribution is 2.82. The van der Waals surface area contributed by atoms with Gasteiger partial charge in [0.15, 0.2) is 0 Å². The minimum atomic E-state index is -1.48. The number of aliphatic hydroxyl groups is 2. The molecule has 9 nitrogen and oxygen atoms in total. The first-order valence-corrected chi connectivity index (χ1v) is 15.8. The Morgan fingerprint density at radius 2 is 1.64 bits per heavy atom. The fourth-order valence-electron chi connectivity index (χ4n) is 13.0. The van der Waals surface area contributed by atoms with Gasteiger partial charge in [-0.2, -0.15) is 0 Å². The van der Waals surface area contributed by atoms with Gasteiger partial charge in [0.05, 0.1) is 17.6 Å². The number of esters is 1. The molecule has 3 unspecified atom stereocenters. The van der Waals surface area contributed by atoms with Crippen LogP contribution in [0, 0.1) is 69.5 Å². The molecule has 0 radical (unpaired) electrons. The van der Waals surface area contributed by atoms with E-state index in [9.17, 15) is 24.6 Å². The van der Waals surface area contributed by atoms with E-state index in [2.05, 4.69) is 34.3 Å². The van der Waals surface area contributed by atoms with Crippen molar-refractivity contribution in [3.05, 3.63) is 12.3 Å². The average Bonchev–Trinajstić information content (AvgIpc) is 3.81. The van der Waals surface area contributed by atoms with E-state index in [1.54, 1.807) is 6.92 Å². The summed E-state index contributed by atoms with van der Waals surface area (Å²) in [4.78, 5) is 40.9. The van der Waals surface area contributed by atoms with Crippen molar-refractivity contribution in [3.63, 3.8) is 0 Å². The molecule has 9 heteroatoms. The molecular formula is C33H44O9. The highest BCUT2D eigenvalue weighted by molar-refractivity contribution is 6.39. The van der Waals surface area contributed by atoms with Gasteiger partial charge in [-0.3, -0.25) is 14.4 Å². The molecule has 5 saturated carbocycles. The van der Waals surface area contributed by atoms with E-state index in [1.165, 1.54) is 6.92 Å². The van der Waals surface area contributed by atoms with Crippen LogP contribution in [0.25, 0.3) is 0 Å². The van der Waals surface area contributed by atoms with Crippen LogP contribution in [-0.4, -0.2) is 69.7 Å². The summed E-state index contributed by atoms with van der Waals surface area (Å²) in [6.45, 7) is 19.8. The zero-order chi connectivity index (χ0) is 30.4. The highest BCUT2D eigenvalue weighted by Gasteiger charge is 2.91. The molecule has 0 bridgehead atoms. The van der Waals surface area contributed by atoms with E-state index in [4.69, 9.17) is 18.9 Å². The van der Waals surface area contributed by atoms with E-state index < -0.39 is 81.0 Å². The van der Waals surface area contributed by atoms with Crippen LogP contribution >= 0.6 is 0 Å². The molecule has 0 aromatic rings. The quantitative estimate of drug-likeness (QED) is 0.271. The normalized spacial score (nSPS) is 65.0. The van der Waals surface area contributed by atoms with Crippen LogP contribution in [0.2, 0.25) is 0 Å². The lowest BCUT2D eigenvalue weighted by molar-refractivity contribution is -0.212. The van der Waals surface area contributed by atoms with Crippen molar-refractivity contribution in [2.75, 3.05) is 0 Å². The largest absolute Gasteiger partial charge is 0.461 e. The summed E-state index contributed by atoms with van der Waals surface area (Å²) in [5, 5.41) is 24.6. The lowest BCUT2D eigenvalue weighted by Gasteiger charge is -2.64. The second-order valence-corrected chi connectivity index (χ2v) is 16.1. The van der Waals surface area contributed by atoms with Gasteiger partial charge in [0.2, 0.25) is 17.4 Å². The van der Waals surface area contributed by atoms with Gasteiger partial charge in [-0.05, 0) is 55.3 Å². The predicted octanol–water partition coefficient (Wildman–Crippen LogP) is 2.66. The third kappa shape index (κ3) is 2.54. The van der Waals surface area contributed by atoms with E-state index in [1.807, 2.05) is 13.8 Å². The van der Waals surface area contributed by atoms with Crippen molar-refractivity contribution >= 4 is 17.5 Å². The molecule has 5 aliphatic carbocycles. The van der Waals surface area contributed by atoms with Gasteiger partial charge in [0.1, 0.15) is 29.7 Å². The zero-order valence-corrected chi connectivity index (χ0v) is 25.7. The molecule has 3 heterocycles. The zero-order valence-electron chi connectivity index (χ0n) is 25.7. The maximum atomic E-state index is 14.4. The Bertz CT molecular complexity index is 1360. The number of Topliss-reactive ketones (excluding diaryl/α,β-unsaturated/α-hetero) is 2. The number of epoxide rings is 2. The summed E-state index contributed by atoms with van der Waals surface area (Å²) >= 11 is 0. The first-order chi connectivity index (χ1) is 19.4. The summed E-state index contributed by atoms with van der Waals surface area (Å²) in [5.74, 6) is -4.90. The molecular weight excluding hydrogens is 540 g/mol. The van der Waals surface area contributed by atoms with Crippen molar-refractivity contribution in [2.24, 2.45) is 69.5 Å². The van der Waals surface area contributed by atoms with E-state index in [-0.39, 0.29) is 53.7 Å². The second kappa shape index (κ2) is 7.52. The SMILES string of the molecule is C=C1O[C@@]23O[C@@H]2[C@@H](C)[C@H]2[C@@H]([C@H](O)[C@H]4C5C(=O)C(=O)[C@H]6C[C@@H]7O[C@@H]7[C@H](OC(C)=O)[C@]6(C)C5C(C)[C@H](C)[C@]24C)[C@@]3(C)[C@]1(C)O. The molecule has 8 aliphatic rings. The Labute approximate surface area is 246 Å². The standard InChI is InChI=1S/C33H44O9/c1-11-13(3)29(6)20-12(2)27-33(42-27)31(8,32(9,38)14(4)41-33)22(20)25(37)21(29)18-19(11)30(7)16(23(35)24(18)36)10-17-26(40-17)28(30)39-15(5)34/h11-13,16-22,25-28,37-38H,4,10H2,1-3,5-9H3/t11?,12-,13-,16+,17-,18?,19?,20-,21+,22-,25+,26-,27+,28-,29+,30-,31-,32+,33+/m0/s1. The van der Waals surface area contributed by atoms with Gasteiger partial charge in [0.25, 0.3) is 0 Å². The van der Waals surface area contributed by atoms with Crippen LogP contribution in [0.5, 0.6) is 0 Å². The van der Waals surface area contributed by atoms with E-state index in [0.717, 1.165) is 0 Å². The van der Waals surface area contributed by atoms with Crippen molar-refractivity contribution in [1.29, 1.82) is 0 Å². The van der Waals surface area contributed by atoms with Crippen LogP contribution < -0.4 is 0 Å². The highest BCUT2D eigenvalue weighted by atomic mass is 16.8. The summed E-state index contributed by atoms with van der Waals surface area (Å²) in [6, 6.07) is 0. The number of ketones is 2. The third-order valence-corrected chi connectivity index (χ3v) is 15.2. The molecule has 3 aliphatic heterocycles. The van der Waals surface area contributed by atoms with Gasteiger partial charge in [-0.25, -0.2) is 0 Å². The van der Waals surface area contributed by atoms with Crippen LogP contribution in [0.3, 0.4) is 0 Å². The fourth-order valence-corrected chi connectivity index (χ4v) is 13.0. The van der Waals surface area contributed by atoms with Crippen LogP contribution in [0.4, 0.5) is 0 Å². The van der Waals surface area contributed by atoms with Crippen LogP contribution in [0.15, 0.2) is 12.3 Å². The van der Waals surface area contributed by atoms with E-state index in [0.29, 0.717) is 6.42 Å². The molecule has 1 spiro atoms. The molecule has 0 aromatic heterocycles. The summed E-state index contributed by atoms with van der Waals surface area (Å²) < 4.78 is 24.5. The molecule has 8 fully saturated rings. The van der Waals surface area contributed by atoms with Crippen molar-refractivity contribution in [1.82, 2.24) is 0 Å². The fraction of sp³-hybridized carbons (Fsp3) is 0.848. The molecule has 3 saturated heterocycles. The molecule has 0 aromatic carbocycles. The van der Waals surface area contributed by atoms with Gasteiger partial charge in [0, 0.05) is 36.0 Å². The maximum Gasteiger partial charge on any atom is 0.303 e. The van der Waals surface area contributed by atoms with Gasteiger partial charge >= 0.3 is 5.97 Å². The topological polar surface area (TPSA) is 135 Å². The van der Waals surface area contributed by atoms with Crippen molar-refractivity contribution < 1.29 is 43.5 Å². The number of hydrogen-bond acceptors (Lipinski definition) is 9. The molecule has 2 N–H and O–H groups in total. The maximum absolute atomic E-state index is 14.4. The minimum Gasteiger partial charge on any atom is -0.461 e. The lowest BCUT2D eigenvalue weighted by atomic mass is 9.38. The Morgan fingerprint density at radius 1 is 0.976 bits per heavy atom. The number of fused-ring (bicyclic) bond motifs is 9.